The monoisotopic (exact) mass is 409 g/mol. The number of hydrogen-bond donors (Lipinski definition) is 3. The summed E-state index contributed by atoms with van der Waals surface area (Å²) < 4.78 is 11.6. The Kier molecular flexibility index (Phi) is 7.52. The number of aryl methyl sites for hydroxylation is 1. The highest BCUT2D eigenvalue weighted by Crippen LogP contribution is 2.28. The number of H-pyrrole nitrogens is 1. The van der Waals surface area contributed by atoms with Gasteiger partial charge in [-0.15, -0.1) is 0 Å². The lowest BCUT2D eigenvalue weighted by Gasteiger charge is -2.17. The first kappa shape index (κ1) is 22.6. The van der Waals surface area contributed by atoms with Gasteiger partial charge in [0, 0.05) is 24.3 Å². The number of carbonyl (C=O) groups excluding carboxylic acids is 2. The summed E-state index contributed by atoms with van der Waals surface area (Å²) in [6.45, 7) is 5.39. The lowest BCUT2D eigenvalue weighted by Crippen LogP contribution is -2.41. The second-order valence-corrected chi connectivity index (χ2v) is 7.41. The van der Waals surface area contributed by atoms with Crippen LogP contribution in [0.5, 0.6) is 0 Å². The molecule has 1 saturated heterocycles. The minimum absolute atomic E-state index is 0.111. The smallest absolute Gasteiger partial charge is 0.330 e. The standard InChI is InChI=1S/C19H27N3O7/c1-10(2)7-12(18(26)28-4)20-15(24)6-5-14-13(23)8-16(29-14)22-9-11(3)17(25)21-19(22)27/h5-6,9-10,12-14,16,23H,7-8H2,1-4H3,(H,20,24)(H,21,25,27)/b6-5+/t12-,13-,14+,16+/m0/s1. The molecule has 0 spiro atoms. The van der Waals surface area contributed by atoms with Crippen LogP contribution in [-0.4, -0.2) is 51.9 Å². The van der Waals surface area contributed by atoms with Crippen LogP contribution in [-0.2, 0) is 19.1 Å². The molecule has 1 aliphatic rings. The van der Waals surface area contributed by atoms with E-state index in [9.17, 15) is 24.3 Å². The van der Waals surface area contributed by atoms with Gasteiger partial charge in [-0.3, -0.25) is 19.1 Å². The van der Waals surface area contributed by atoms with E-state index in [4.69, 9.17) is 9.47 Å². The number of rotatable bonds is 7. The van der Waals surface area contributed by atoms with Crippen molar-refractivity contribution in [2.75, 3.05) is 7.11 Å². The summed E-state index contributed by atoms with van der Waals surface area (Å²) in [5.41, 5.74) is -0.797. The van der Waals surface area contributed by atoms with Crippen molar-refractivity contribution in [1.82, 2.24) is 14.9 Å². The quantitative estimate of drug-likeness (QED) is 0.417. The average Bonchev–Trinajstić information content (AvgIpc) is 3.01. The molecule has 10 heteroatoms. The van der Waals surface area contributed by atoms with E-state index in [1.165, 1.54) is 30.0 Å². The molecule has 3 N–H and O–H groups in total. The Bertz CT molecular complexity index is 887. The minimum Gasteiger partial charge on any atom is -0.467 e. The number of hydrogen-bond acceptors (Lipinski definition) is 7. The third kappa shape index (κ3) is 5.88. The zero-order valence-electron chi connectivity index (χ0n) is 16.9. The maximum atomic E-state index is 12.2. The van der Waals surface area contributed by atoms with Crippen LogP contribution in [0.25, 0.3) is 0 Å². The number of aromatic amines is 1. The Morgan fingerprint density at radius 1 is 1.45 bits per heavy atom. The Hall–Kier alpha value is -2.72. The van der Waals surface area contributed by atoms with Crippen molar-refractivity contribution in [3.8, 4) is 0 Å². The minimum atomic E-state index is -0.949. The van der Waals surface area contributed by atoms with E-state index in [1.54, 1.807) is 6.92 Å². The molecular weight excluding hydrogens is 382 g/mol. The van der Waals surface area contributed by atoms with E-state index in [1.807, 2.05) is 13.8 Å². The molecule has 2 heterocycles. The number of esters is 1. The first-order chi connectivity index (χ1) is 13.6. The van der Waals surface area contributed by atoms with Crippen molar-refractivity contribution in [3.63, 3.8) is 0 Å². The van der Waals surface area contributed by atoms with Crippen LogP contribution < -0.4 is 16.6 Å². The van der Waals surface area contributed by atoms with Crippen LogP contribution in [0.1, 0.15) is 38.5 Å². The number of aromatic nitrogens is 2. The van der Waals surface area contributed by atoms with Crippen molar-refractivity contribution in [1.29, 1.82) is 0 Å². The average molecular weight is 409 g/mol. The zero-order chi connectivity index (χ0) is 21.7. The Morgan fingerprint density at radius 3 is 2.76 bits per heavy atom. The van der Waals surface area contributed by atoms with Gasteiger partial charge in [0.1, 0.15) is 18.4 Å². The summed E-state index contributed by atoms with van der Waals surface area (Å²) >= 11 is 0. The third-order valence-corrected chi connectivity index (χ3v) is 4.54. The summed E-state index contributed by atoms with van der Waals surface area (Å²) in [6, 6.07) is -0.776. The number of nitrogens with zero attached hydrogens (tertiary/aromatic N) is 1. The zero-order valence-corrected chi connectivity index (χ0v) is 16.9. The number of methoxy groups -OCH3 is 1. The lowest BCUT2D eigenvalue weighted by molar-refractivity contribution is -0.145. The normalized spacial score (nSPS) is 22.8. The molecular formula is C19H27N3O7. The second-order valence-electron chi connectivity index (χ2n) is 7.41. The molecule has 1 aromatic heterocycles. The lowest BCUT2D eigenvalue weighted by atomic mass is 10.0. The molecule has 4 atom stereocenters. The SMILES string of the molecule is COC(=O)[C@H](CC(C)C)NC(=O)/C=C/[C@H]1O[C@@H](n2cc(C)c(=O)[nH]c2=O)C[C@@H]1O. The largest absolute Gasteiger partial charge is 0.467 e. The maximum absolute atomic E-state index is 12.2. The van der Waals surface area contributed by atoms with Crippen LogP contribution in [0.3, 0.4) is 0 Å². The number of nitrogens with one attached hydrogen (secondary N) is 2. The van der Waals surface area contributed by atoms with Crippen LogP contribution in [0.4, 0.5) is 0 Å². The third-order valence-electron chi connectivity index (χ3n) is 4.54. The fourth-order valence-corrected chi connectivity index (χ4v) is 3.05. The summed E-state index contributed by atoms with van der Waals surface area (Å²) in [4.78, 5) is 49.6. The van der Waals surface area contributed by atoms with Crippen molar-refractivity contribution in [2.24, 2.45) is 5.92 Å². The van der Waals surface area contributed by atoms with E-state index in [0.717, 1.165) is 0 Å². The summed E-state index contributed by atoms with van der Waals surface area (Å²) in [7, 11) is 1.25. The molecule has 0 bridgehead atoms. The molecule has 1 aliphatic heterocycles. The number of carbonyl (C=O) groups is 2. The maximum Gasteiger partial charge on any atom is 0.330 e. The van der Waals surface area contributed by atoms with E-state index in [-0.39, 0.29) is 12.3 Å². The van der Waals surface area contributed by atoms with Crippen molar-refractivity contribution < 1.29 is 24.2 Å². The predicted octanol–water partition coefficient (Wildman–Crippen LogP) is -0.246. The predicted molar refractivity (Wildman–Crippen MR) is 103 cm³/mol. The Morgan fingerprint density at radius 2 is 2.14 bits per heavy atom. The summed E-state index contributed by atoms with van der Waals surface area (Å²) in [6.07, 6.45) is 1.88. The number of ether oxygens (including phenoxy) is 2. The van der Waals surface area contributed by atoms with Crippen molar-refractivity contribution >= 4 is 11.9 Å². The van der Waals surface area contributed by atoms with Gasteiger partial charge < -0.3 is 19.9 Å². The number of aliphatic hydroxyl groups excluding tert-OH is 1. The molecule has 0 unspecified atom stereocenters. The fourth-order valence-electron chi connectivity index (χ4n) is 3.05. The fraction of sp³-hybridized carbons (Fsp3) is 0.579. The van der Waals surface area contributed by atoms with Crippen LogP contribution in [0, 0.1) is 12.8 Å². The number of amides is 1. The highest BCUT2D eigenvalue weighted by Gasteiger charge is 2.34. The van der Waals surface area contributed by atoms with Gasteiger partial charge in [0.25, 0.3) is 5.56 Å². The molecule has 160 valence electrons. The molecule has 1 fully saturated rings. The molecule has 1 amide bonds. The van der Waals surface area contributed by atoms with E-state index < -0.39 is 47.6 Å². The van der Waals surface area contributed by atoms with Crippen molar-refractivity contribution in [2.45, 2.75) is 58.1 Å². The highest BCUT2D eigenvalue weighted by atomic mass is 16.5. The molecule has 1 aromatic rings. The van der Waals surface area contributed by atoms with Gasteiger partial charge in [0.05, 0.1) is 13.2 Å². The van der Waals surface area contributed by atoms with Crippen molar-refractivity contribution in [3.05, 3.63) is 44.8 Å². The molecule has 10 nitrogen and oxygen atoms in total. The number of aliphatic hydroxyl groups is 1. The topological polar surface area (TPSA) is 140 Å². The van der Waals surface area contributed by atoms with Gasteiger partial charge in [0.15, 0.2) is 0 Å². The molecule has 0 aliphatic carbocycles. The van der Waals surface area contributed by atoms with Gasteiger partial charge in [0.2, 0.25) is 5.91 Å². The van der Waals surface area contributed by atoms with Gasteiger partial charge >= 0.3 is 11.7 Å². The highest BCUT2D eigenvalue weighted by molar-refractivity contribution is 5.91. The second kappa shape index (κ2) is 9.66. The first-order valence-electron chi connectivity index (χ1n) is 9.34. The molecule has 29 heavy (non-hydrogen) atoms. The summed E-state index contributed by atoms with van der Waals surface area (Å²) in [5.74, 6) is -0.897. The van der Waals surface area contributed by atoms with Gasteiger partial charge in [-0.1, -0.05) is 13.8 Å². The summed E-state index contributed by atoms with van der Waals surface area (Å²) in [5, 5.41) is 12.8. The molecule has 0 aromatic carbocycles. The van der Waals surface area contributed by atoms with E-state index >= 15 is 0 Å². The van der Waals surface area contributed by atoms with E-state index in [0.29, 0.717) is 12.0 Å². The Labute approximate surface area is 167 Å². The first-order valence-corrected chi connectivity index (χ1v) is 9.34. The molecule has 2 rings (SSSR count). The van der Waals surface area contributed by atoms with Gasteiger partial charge in [-0.25, -0.2) is 9.59 Å². The molecule has 0 radical (unpaired) electrons. The van der Waals surface area contributed by atoms with E-state index in [2.05, 4.69) is 10.3 Å². The van der Waals surface area contributed by atoms with Crippen LogP contribution >= 0.6 is 0 Å². The van der Waals surface area contributed by atoms with Gasteiger partial charge in [-0.2, -0.15) is 0 Å². The van der Waals surface area contributed by atoms with Crippen LogP contribution in [0.15, 0.2) is 27.9 Å². The molecule has 0 saturated carbocycles. The Balaban J connectivity index is 2.04. The van der Waals surface area contributed by atoms with Crippen LogP contribution in [0.2, 0.25) is 0 Å². The van der Waals surface area contributed by atoms with Gasteiger partial charge in [-0.05, 0) is 25.3 Å².